The molecule has 0 radical (unpaired) electrons. The fourth-order valence-electron chi connectivity index (χ4n) is 2.95. The summed E-state index contributed by atoms with van der Waals surface area (Å²) < 4.78 is 6.00. The number of ether oxygens (including phenoxy) is 1. The largest absolute Gasteiger partial charge is 0.493 e. The zero-order valence-corrected chi connectivity index (χ0v) is 16.0. The second-order valence-corrected chi connectivity index (χ2v) is 7.18. The van der Waals surface area contributed by atoms with Gasteiger partial charge in [-0.05, 0) is 46.9 Å². The van der Waals surface area contributed by atoms with Gasteiger partial charge < -0.3 is 9.84 Å². The molecule has 0 aliphatic rings. The van der Waals surface area contributed by atoms with Gasteiger partial charge in [0.05, 0.1) is 12.2 Å². The Labute approximate surface area is 164 Å². The number of halogens is 1. The Morgan fingerprint density at radius 3 is 2.15 bits per heavy atom. The maximum Gasteiger partial charge on any atom is 0.336 e. The number of carboxylic acids is 1. The predicted molar refractivity (Wildman–Crippen MR) is 110 cm³/mol. The molecule has 0 unspecified atom stereocenters. The minimum absolute atomic E-state index is 0.261. The summed E-state index contributed by atoms with van der Waals surface area (Å²) in [6.45, 7) is 4.77. The monoisotopic (exact) mass is 380 g/mol. The van der Waals surface area contributed by atoms with Crippen molar-refractivity contribution in [3.63, 3.8) is 0 Å². The molecule has 3 nitrogen and oxygen atoms in total. The van der Waals surface area contributed by atoms with E-state index in [9.17, 15) is 9.90 Å². The molecule has 0 saturated heterocycles. The minimum atomic E-state index is -0.956. The molecule has 0 fully saturated rings. The Kier molecular flexibility index (Phi) is 5.82. The van der Waals surface area contributed by atoms with Crippen LogP contribution in [-0.2, 0) is 0 Å². The van der Waals surface area contributed by atoms with Crippen LogP contribution in [0.2, 0.25) is 5.02 Å². The lowest BCUT2D eigenvalue weighted by atomic mass is 9.91. The molecule has 4 heteroatoms. The Morgan fingerprint density at radius 2 is 1.52 bits per heavy atom. The van der Waals surface area contributed by atoms with Gasteiger partial charge in [0.1, 0.15) is 5.75 Å². The van der Waals surface area contributed by atoms with Crippen molar-refractivity contribution in [2.24, 2.45) is 5.92 Å². The molecule has 0 saturated carbocycles. The van der Waals surface area contributed by atoms with Crippen LogP contribution in [0.5, 0.6) is 5.75 Å². The van der Waals surface area contributed by atoms with E-state index in [0.717, 1.165) is 22.4 Å². The highest BCUT2D eigenvalue weighted by Crippen LogP contribution is 2.39. The molecule has 27 heavy (non-hydrogen) atoms. The van der Waals surface area contributed by atoms with Crippen LogP contribution in [0.1, 0.15) is 24.2 Å². The highest BCUT2D eigenvalue weighted by molar-refractivity contribution is 6.31. The maximum atomic E-state index is 11.7. The van der Waals surface area contributed by atoms with Gasteiger partial charge in [0.15, 0.2) is 0 Å². The molecule has 0 heterocycles. The molecule has 0 aromatic heterocycles. The first-order chi connectivity index (χ1) is 13.0. The Balaban J connectivity index is 2.19. The van der Waals surface area contributed by atoms with Gasteiger partial charge >= 0.3 is 5.97 Å². The molecule has 3 aromatic rings. The van der Waals surface area contributed by atoms with Crippen LogP contribution in [0.25, 0.3) is 22.3 Å². The van der Waals surface area contributed by atoms with Crippen molar-refractivity contribution in [2.45, 2.75) is 13.8 Å². The van der Waals surface area contributed by atoms with E-state index in [1.807, 2.05) is 48.5 Å². The number of hydrogen-bond donors (Lipinski definition) is 1. The summed E-state index contributed by atoms with van der Waals surface area (Å²) in [6, 6.07) is 20.2. The highest BCUT2D eigenvalue weighted by atomic mass is 35.5. The van der Waals surface area contributed by atoms with Crippen molar-refractivity contribution in [3.05, 3.63) is 77.3 Å². The number of carboxylic acid groups (broad SMARTS) is 1. The first kappa shape index (κ1) is 19.0. The minimum Gasteiger partial charge on any atom is -0.493 e. The molecule has 0 aliphatic heterocycles. The van der Waals surface area contributed by atoms with Crippen molar-refractivity contribution in [1.29, 1.82) is 0 Å². The smallest absolute Gasteiger partial charge is 0.336 e. The summed E-state index contributed by atoms with van der Waals surface area (Å²) in [5, 5.41) is 10.2. The number of hydrogen-bond acceptors (Lipinski definition) is 2. The summed E-state index contributed by atoms with van der Waals surface area (Å²) in [6.07, 6.45) is 0. The normalized spacial score (nSPS) is 10.8. The highest BCUT2D eigenvalue weighted by Gasteiger charge is 2.17. The van der Waals surface area contributed by atoms with Crippen LogP contribution in [0.15, 0.2) is 66.7 Å². The van der Waals surface area contributed by atoms with Gasteiger partial charge in [-0.15, -0.1) is 0 Å². The lowest BCUT2D eigenvalue weighted by Crippen LogP contribution is -2.05. The van der Waals surface area contributed by atoms with E-state index in [0.29, 0.717) is 23.1 Å². The molecule has 0 amide bonds. The molecule has 0 aliphatic carbocycles. The average Bonchev–Trinajstić information content (AvgIpc) is 2.67. The molecular formula is C23H21ClO3. The number of benzene rings is 3. The van der Waals surface area contributed by atoms with Crippen LogP contribution in [-0.4, -0.2) is 17.7 Å². The lowest BCUT2D eigenvalue weighted by molar-refractivity contribution is 0.0697. The first-order valence-corrected chi connectivity index (χ1v) is 9.19. The van der Waals surface area contributed by atoms with Crippen LogP contribution in [0, 0.1) is 5.92 Å². The maximum absolute atomic E-state index is 11.7. The summed E-state index contributed by atoms with van der Waals surface area (Å²) in [5.74, 6) is 0.160. The van der Waals surface area contributed by atoms with E-state index in [1.54, 1.807) is 18.2 Å². The van der Waals surface area contributed by atoms with Gasteiger partial charge in [0.2, 0.25) is 0 Å². The standard InChI is InChI=1S/C23H21ClO3/c1-15(2)14-27-22-12-11-16(24)13-21(22)19-9-4-3-7-17(19)18-8-5-6-10-20(18)23(25)26/h3-13,15H,14H2,1-2H3,(H,25,26). The van der Waals surface area contributed by atoms with Crippen LogP contribution >= 0.6 is 11.6 Å². The zero-order chi connectivity index (χ0) is 19.4. The second-order valence-electron chi connectivity index (χ2n) is 6.74. The van der Waals surface area contributed by atoms with Gasteiger partial charge in [0.25, 0.3) is 0 Å². The van der Waals surface area contributed by atoms with Crippen molar-refractivity contribution in [2.75, 3.05) is 6.61 Å². The van der Waals surface area contributed by atoms with Gasteiger partial charge in [-0.1, -0.05) is 67.9 Å². The Morgan fingerprint density at radius 1 is 0.926 bits per heavy atom. The van der Waals surface area contributed by atoms with E-state index in [2.05, 4.69) is 13.8 Å². The van der Waals surface area contributed by atoms with E-state index in [1.165, 1.54) is 0 Å². The molecular weight excluding hydrogens is 360 g/mol. The molecule has 0 atom stereocenters. The van der Waals surface area contributed by atoms with Gasteiger partial charge in [-0.3, -0.25) is 0 Å². The Bertz CT molecular complexity index is 963. The number of carbonyl (C=O) groups is 1. The first-order valence-electron chi connectivity index (χ1n) is 8.82. The van der Waals surface area contributed by atoms with Gasteiger partial charge in [-0.25, -0.2) is 4.79 Å². The molecule has 3 aromatic carbocycles. The van der Waals surface area contributed by atoms with Crippen molar-refractivity contribution in [1.82, 2.24) is 0 Å². The van der Waals surface area contributed by atoms with Crippen molar-refractivity contribution < 1.29 is 14.6 Å². The fourth-order valence-corrected chi connectivity index (χ4v) is 3.12. The molecule has 0 bridgehead atoms. The third-order valence-corrected chi connectivity index (χ3v) is 4.41. The predicted octanol–water partition coefficient (Wildman–Crippen LogP) is 6.41. The Hall–Kier alpha value is -2.78. The lowest BCUT2D eigenvalue weighted by Gasteiger charge is -2.17. The van der Waals surface area contributed by atoms with Crippen LogP contribution in [0.3, 0.4) is 0 Å². The molecule has 138 valence electrons. The molecule has 3 rings (SSSR count). The van der Waals surface area contributed by atoms with E-state index in [-0.39, 0.29) is 5.56 Å². The third kappa shape index (κ3) is 4.32. The topological polar surface area (TPSA) is 46.5 Å². The van der Waals surface area contributed by atoms with E-state index in [4.69, 9.17) is 16.3 Å². The van der Waals surface area contributed by atoms with E-state index < -0.39 is 5.97 Å². The van der Waals surface area contributed by atoms with E-state index >= 15 is 0 Å². The van der Waals surface area contributed by atoms with Gasteiger partial charge in [0, 0.05) is 10.6 Å². The second kappa shape index (κ2) is 8.28. The molecule has 1 N–H and O–H groups in total. The van der Waals surface area contributed by atoms with Crippen molar-refractivity contribution >= 4 is 17.6 Å². The van der Waals surface area contributed by atoms with Crippen LogP contribution in [0.4, 0.5) is 0 Å². The molecule has 0 spiro atoms. The SMILES string of the molecule is CC(C)COc1ccc(Cl)cc1-c1ccccc1-c1ccccc1C(=O)O. The fraction of sp³-hybridized carbons (Fsp3) is 0.174. The van der Waals surface area contributed by atoms with Crippen LogP contribution < -0.4 is 4.74 Å². The van der Waals surface area contributed by atoms with Crippen molar-refractivity contribution in [3.8, 4) is 28.0 Å². The number of rotatable bonds is 6. The third-order valence-electron chi connectivity index (χ3n) is 4.18. The zero-order valence-electron chi connectivity index (χ0n) is 15.3. The summed E-state index contributed by atoms with van der Waals surface area (Å²) >= 11 is 6.26. The van der Waals surface area contributed by atoms with Gasteiger partial charge in [-0.2, -0.15) is 0 Å². The summed E-state index contributed by atoms with van der Waals surface area (Å²) in [5.41, 5.74) is 3.48. The average molecular weight is 381 g/mol. The number of aromatic carboxylic acids is 1. The quantitative estimate of drug-likeness (QED) is 0.537. The summed E-state index contributed by atoms with van der Waals surface area (Å²) in [4.78, 5) is 11.7. The summed E-state index contributed by atoms with van der Waals surface area (Å²) in [7, 11) is 0.